The van der Waals surface area contributed by atoms with Crippen molar-refractivity contribution in [2.24, 2.45) is 7.05 Å². The summed E-state index contributed by atoms with van der Waals surface area (Å²) in [6.45, 7) is 3.37. The second kappa shape index (κ2) is 4.37. The number of carbonyl (C=O) groups excluding carboxylic acids is 1. The Morgan fingerprint density at radius 2 is 2.18 bits per heavy atom. The molecule has 88 valence electrons. The molecule has 0 atom stereocenters. The third-order valence-electron chi connectivity index (χ3n) is 2.41. The van der Waals surface area contributed by atoms with E-state index in [4.69, 9.17) is 0 Å². The molecule has 0 radical (unpaired) electrons. The Hall–Kier alpha value is -2.17. The van der Waals surface area contributed by atoms with Gasteiger partial charge in [0.15, 0.2) is 0 Å². The number of anilines is 1. The topological polar surface area (TPSA) is 59.8 Å². The van der Waals surface area contributed by atoms with Crippen molar-refractivity contribution in [3.8, 4) is 11.1 Å². The van der Waals surface area contributed by atoms with Crippen LogP contribution in [0.3, 0.4) is 0 Å². The van der Waals surface area contributed by atoms with Crippen LogP contribution < -0.4 is 5.32 Å². The average Bonchev–Trinajstić information content (AvgIpc) is 2.64. The molecule has 1 amide bonds. The highest BCUT2D eigenvalue weighted by Gasteiger charge is 2.06. The molecule has 0 aliphatic rings. The number of amides is 1. The summed E-state index contributed by atoms with van der Waals surface area (Å²) >= 11 is 0. The van der Waals surface area contributed by atoms with Gasteiger partial charge in [-0.2, -0.15) is 5.10 Å². The summed E-state index contributed by atoms with van der Waals surface area (Å²) in [4.78, 5) is 15.2. The first-order valence-electron chi connectivity index (χ1n) is 5.30. The zero-order chi connectivity index (χ0) is 12.4. The van der Waals surface area contributed by atoms with Gasteiger partial charge in [0.1, 0.15) is 5.82 Å². The smallest absolute Gasteiger partial charge is 0.222 e. The van der Waals surface area contributed by atoms with Gasteiger partial charge in [-0.15, -0.1) is 0 Å². The van der Waals surface area contributed by atoms with Gasteiger partial charge in [-0.3, -0.25) is 9.48 Å². The van der Waals surface area contributed by atoms with E-state index >= 15 is 0 Å². The summed E-state index contributed by atoms with van der Waals surface area (Å²) in [6, 6.07) is 3.72. The molecule has 0 saturated heterocycles. The van der Waals surface area contributed by atoms with Gasteiger partial charge >= 0.3 is 0 Å². The lowest BCUT2D eigenvalue weighted by atomic mass is 10.1. The van der Waals surface area contributed by atoms with E-state index in [1.165, 1.54) is 6.92 Å². The number of nitrogens with zero attached hydrogens (tertiary/aromatic N) is 3. The monoisotopic (exact) mass is 230 g/mol. The van der Waals surface area contributed by atoms with E-state index < -0.39 is 0 Å². The molecule has 1 N–H and O–H groups in total. The molecule has 2 heterocycles. The molecule has 5 heteroatoms. The lowest BCUT2D eigenvalue weighted by molar-refractivity contribution is -0.114. The first kappa shape index (κ1) is 11.3. The van der Waals surface area contributed by atoms with Gasteiger partial charge in [0.05, 0.1) is 6.20 Å². The maximum Gasteiger partial charge on any atom is 0.222 e. The molecule has 2 aromatic rings. The van der Waals surface area contributed by atoms with Crippen LogP contribution in [0.5, 0.6) is 0 Å². The Balaban J connectivity index is 2.34. The van der Waals surface area contributed by atoms with Crippen molar-refractivity contribution in [1.82, 2.24) is 14.8 Å². The molecule has 0 aliphatic carbocycles. The second-order valence-corrected chi connectivity index (χ2v) is 3.91. The van der Waals surface area contributed by atoms with Crippen LogP contribution in [0.1, 0.15) is 12.6 Å². The van der Waals surface area contributed by atoms with Crippen molar-refractivity contribution in [1.29, 1.82) is 0 Å². The molecule has 2 rings (SSSR count). The molecule has 0 aliphatic heterocycles. The van der Waals surface area contributed by atoms with Crippen LogP contribution in [0.4, 0.5) is 5.82 Å². The molecule has 0 spiro atoms. The van der Waals surface area contributed by atoms with Gasteiger partial charge in [-0.25, -0.2) is 4.98 Å². The fourth-order valence-electron chi connectivity index (χ4n) is 1.68. The maximum absolute atomic E-state index is 10.9. The zero-order valence-corrected chi connectivity index (χ0v) is 10.1. The number of pyridine rings is 1. The predicted molar refractivity (Wildman–Crippen MR) is 65.5 cm³/mol. The van der Waals surface area contributed by atoms with Crippen molar-refractivity contribution < 1.29 is 4.79 Å². The normalized spacial score (nSPS) is 10.3. The zero-order valence-electron chi connectivity index (χ0n) is 10.1. The molecule has 0 saturated carbocycles. The molecule has 2 aromatic heterocycles. The first-order chi connectivity index (χ1) is 8.06. The van der Waals surface area contributed by atoms with Gasteiger partial charge in [-0.1, -0.05) is 0 Å². The van der Waals surface area contributed by atoms with Crippen molar-refractivity contribution in [3.63, 3.8) is 0 Å². The Kier molecular flexibility index (Phi) is 2.91. The molecular formula is C12H14N4O. The third-order valence-corrected chi connectivity index (χ3v) is 2.41. The van der Waals surface area contributed by atoms with E-state index in [0.717, 1.165) is 16.8 Å². The molecular weight excluding hydrogens is 216 g/mol. The number of aryl methyl sites for hydroxylation is 2. The quantitative estimate of drug-likeness (QED) is 0.855. The first-order valence-corrected chi connectivity index (χ1v) is 5.30. The molecule has 17 heavy (non-hydrogen) atoms. The Morgan fingerprint density at radius 3 is 2.71 bits per heavy atom. The highest BCUT2D eigenvalue weighted by molar-refractivity contribution is 5.87. The number of nitrogens with one attached hydrogen (secondary N) is 1. The van der Waals surface area contributed by atoms with E-state index in [-0.39, 0.29) is 5.91 Å². The van der Waals surface area contributed by atoms with Crippen molar-refractivity contribution >= 4 is 11.7 Å². The minimum Gasteiger partial charge on any atom is -0.311 e. The van der Waals surface area contributed by atoms with E-state index in [9.17, 15) is 4.79 Å². The minimum absolute atomic E-state index is 0.119. The predicted octanol–water partition coefficient (Wildman–Crippen LogP) is 1.75. The number of aromatic nitrogens is 3. The van der Waals surface area contributed by atoms with E-state index in [1.807, 2.05) is 26.2 Å². The van der Waals surface area contributed by atoms with Gasteiger partial charge in [-0.05, 0) is 19.1 Å². The standard InChI is InChI=1S/C12H14N4O/c1-8-11(10-6-13-16(3)7-10)4-5-12(14-8)15-9(2)17/h4-7H,1-3H3,(H,14,15,17). The van der Waals surface area contributed by atoms with E-state index in [1.54, 1.807) is 16.9 Å². The number of hydrogen-bond donors (Lipinski definition) is 1. The molecule has 0 aromatic carbocycles. The summed E-state index contributed by atoms with van der Waals surface area (Å²) in [5, 5.41) is 6.78. The third kappa shape index (κ3) is 2.50. The fraction of sp³-hybridized carbons (Fsp3) is 0.250. The minimum atomic E-state index is -0.119. The fourth-order valence-corrected chi connectivity index (χ4v) is 1.68. The summed E-state index contributed by atoms with van der Waals surface area (Å²) in [5.41, 5.74) is 2.91. The van der Waals surface area contributed by atoms with E-state index in [0.29, 0.717) is 5.82 Å². The largest absolute Gasteiger partial charge is 0.311 e. The summed E-state index contributed by atoms with van der Waals surface area (Å²) in [7, 11) is 1.87. The van der Waals surface area contributed by atoms with Crippen LogP contribution in [0.15, 0.2) is 24.5 Å². The Bertz CT molecular complexity index is 559. The average molecular weight is 230 g/mol. The highest BCUT2D eigenvalue weighted by atomic mass is 16.1. The summed E-state index contributed by atoms with van der Waals surface area (Å²) in [5.74, 6) is 0.452. The summed E-state index contributed by atoms with van der Waals surface area (Å²) < 4.78 is 1.75. The molecule has 0 fully saturated rings. The summed E-state index contributed by atoms with van der Waals surface area (Å²) in [6.07, 6.45) is 3.73. The van der Waals surface area contributed by atoms with Crippen molar-refractivity contribution in [2.75, 3.05) is 5.32 Å². The molecule has 5 nitrogen and oxygen atoms in total. The van der Waals surface area contributed by atoms with Gasteiger partial charge < -0.3 is 5.32 Å². The van der Waals surface area contributed by atoms with Crippen LogP contribution in [-0.2, 0) is 11.8 Å². The maximum atomic E-state index is 10.9. The Morgan fingerprint density at radius 1 is 1.41 bits per heavy atom. The Labute approximate surface area is 99.5 Å². The van der Waals surface area contributed by atoms with Crippen LogP contribution in [0, 0.1) is 6.92 Å². The van der Waals surface area contributed by atoms with Crippen LogP contribution in [-0.4, -0.2) is 20.7 Å². The molecule has 0 unspecified atom stereocenters. The lowest BCUT2D eigenvalue weighted by Crippen LogP contribution is -2.07. The van der Waals surface area contributed by atoms with E-state index in [2.05, 4.69) is 15.4 Å². The number of carbonyl (C=O) groups is 1. The van der Waals surface area contributed by atoms with Crippen molar-refractivity contribution in [3.05, 3.63) is 30.2 Å². The SMILES string of the molecule is CC(=O)Nc1ccc(-c2cnn(C)c2)c(C)n1. The molecule has 0 bridgehead atoms. The van der Waals surface area contributed by atoms with Gasteiger partial charge in [0, 0.05) is 37.0 Å². The highest BCUT2D eigenvalue weighted by Crippen LogP contribution is 2.22. The number of rotatable bonds is 2. The lowest BCUT2D eigenvalue weighted by Gasteiger charge is -2.06. The number of hydrogen-bond acceptors (Lipinski definition) is 3. The van der Waals surface area contributed by atoms with Crippen LogP contribution >= 0.6 is 0 Å². The van der Waals surface area contributed by atoms with Gasteiger partial charge in [0.2, 0.25) is 5.91 Å². The van der Waals surface area contributed by atoms with Crippen LogP contribution in [0.25, 0.3) is 11.1 Å². The second-order valence-electron chi connectivity index (χ2n) is 3.91. The van der Waals surface area contributed by atoms with Crippen molar-refractivity contribution in [2.45, 2.75) is 13.8 Å². The van der Waals surface area contributed by atoms with Crippen LogP contribution in [0.2, 0.25) is 0 Å². The van der Waals surface area contributed by atoms with Gasteiger partial charge in [0.25, 0.3) is 0 Å².